The Labute approximate surface area is 248 Å². The van der Waals surface area contributed by atoms with Crippen LogP contribution in [0.3, 0.4) is 0 Å². The van der Waals surface area contributed by atoms with Gasteiger partial charge in [0.15, 0.2) is 0 Å². The first kappa shape index (κ1) is 30.9. The van der Waals surface area contributed by atoms with E-state index in [1.54, 1.807) is 67.6 Å². The number of benzene rings is 3. The molecule has 0 bridgehead atoms. The molecule has 3 rings (SSSR count). The predicted octanol–water partition coefficient (Wildman–Crippen LogP) is 6.28. The van der Waals surface area contributed by atoms with E-state index in [-0.39, 0.29) is 23.4 Å². The van der Waals surface area contributed by atoms with Gasteiger partial charge in [-0.1, -0.05) is 76.4 Å². The lowest BCUT2D eigenvalue weighted by Gasteiger charge is -2.33. The third-order valence-corrected chi connectivity index (χ3v) is 8.88. The largest absolute Gasteiger partial charge is 0.352 e. The van der Waals surface area contributed by atoms with Crippen molar-refractivity contribution in [3.63, 3.8) is 0 Å². The second kappa shape index (κ2) is 13.7. The zero-order valence-corrected chi connectivity index (χ0v) is 25.7. The average molecular weight is 655 g/mol. The Morgan fingerprint density at radius 3 is 2.23 bits per heavy atom. The van der Waals surface area contributed by atoms with Crippen LogP contribution in [-0.4, -0.2) is 43.8 Å². The molecule has 0 saturated heterocycles. The Kier molecular flexibility index (Phi) is 10.8. The van der Waals surface area contributed by atoms with Crippen molar-refractivity contribution in [1.29, 1.82) is 0 Å². The van der Waals surface area contributed by atoms with Crippen LogP contribution in [0.5, 0.6) is 0 Å². The second-order valence-electron chi connectivity index (χ2n) is 9.16. The summed E-state index contributed by atoms with van der Waals surface area (Å²) in [6.07, 6.45) is 0.313. The summed E-state index contributed by atoms with van der Waals surface area (Å²) in [6.45, 7) is 4.96. The minimum Gasteiger partial charge on any atom is -0.352 e. The number of amides is 2. The van der Waals surface area contributed by atoms with E-state index in [1.807, 2.05) is 13.8 Å². The number of halogens is 3. The van der Waals surface area contributed by atoms with Gasteiger partial charge in [-0.2, -0.15) is 0 Å². The summed E-state index contributed by atoms with van der Waals surface area (Å²) in [6, 6.07) is 18.6. The molecule has 3 aromatic carbocycles. The number of sulfonamides is 1. The van der Waals surface area contributed by atoms with Crippen molar-refractivity contribution in [2.45, 2.75) is 50.7 Å². The molecule has 0 aliphatic rings. The number of carbonyl (C=O) groups is 2. The molecule has 0 saturated carbocycles. The topological polar surface area (TPSA) is 86.8 Å². The molecule has 1 N–H and O–H groups in total. The van der Waals surface area contributed by atoms with Gasteiger partial charge in [-0.25, -0.2) is 8.42 Å². The maximum Gasteiger partial charge on any atom is 0.264 e. The summed E-state index contributed by atoms with van der Waals surface area (Å²) in [7, 11) is -4.13. The van der Waals surface area contributed by atoms with Crippen molar-refractivity contribution in [3.05, 3.63) is 92.9 Å². The summed E-state index contributed by atoms with van der Waals surface area (Å²) in [4.78, 5) is 28.6. The van der Waals surface area contributed by atoms with Crippen LogP contribution < -0.4 is 9.62 Å². The van der Waals surface area contributed by atoms with Crippen LogP contribution in [0.4, 0.5) is 5.69 Å². The minimum absolute atomic E-state index is 0.0253. The van der Waals surface area contributed by atoms with E-state index in [0.29, 0.717) is 32.2 Å². The first-order valence-electron chi connectivity index (χ1n) is 12.3. The lowest BCUT2D eigenvalue weighted by atomic mass is 10.1. The van der Waals surface area contributed by atoms with E-state index in [4.69, 9.17) is 23.2 Å². The number of carbonyl (C=O) groups excluding carboxylic acids is 2. The number of hydrogen-bond acceptors (Lipinski definition) is 4. The van der Waals surface area contributed by atoms with Gasteiger partial charge in [0.05, 0.1) is 20.6 Å². The van der Waals surface area contributed by atoms with Crippen LogP contribution in [0.25, 0.3) is 0 Å². The molecule has 2 amide bonds. The first-order valence-corrected chi connectivity index (χ1v) is 15.3. The van der Waals surface area contributed by atoms with Crippen LogP contribution >= 0.6 is 39.1 Å². The highest BCUT2D eigenvalue weighted by atomic mass is 79.9. The number of nitrogens with one attached hydrogen (secondary N) is 1. The summed E-state index contributed by atoms with van der Waals surface area (Å²) in [5, 5.41) is 3.53. The van der Waals surface area contributed by atoms with Crippen LogP contribution in [0.1, 0.15) is 32.8 Å². The molecular formula is C28H30BrCl2N3O4S. The molecule has 0 spiro atoms. The van der Waals surface area contributed by atoms with Crippen molar-refractivity contribution < 1.29 is 18.0 Å². The van der Waals surface area contributed by atoms with E-state index >= 15 is 0 Å². The fourth-order valence-corrected chi connectivity index (χ4v) is 6.15. The van der Waals surface area contributed by atoms with Gasteiger partial charge in [-0.05, 0) is 68.3 Å². The zero-order chi connectivity index (χ0) is 28.7. The lowest BCUT2D eigenvalue weighted by Crippen LogP contribution is -2.53. The fraction of sp³-hybridized carbons (Fsp3) is 0.286. The van der Waals surface area contributed by atoms with Crippen LogP contribution in [0.2, 0.25) is 10.0 Å². The SMILES string of the molecule is CC[C@@H](C(=O)NC(C)C)N(Cc1ccc(Cl)c(Cl)c1)C(=O)CN(c1cccc(Br)c1)S(=O)(=O)c1ccccc1. The predicted molar refractivity (Wildman–Crippen MR) is 159 cm³/mol. The monoisotopic (exact) mass is 653 g/mol. The van der Waals surface area contributed by atoms with Crippen molar-refractivity contribution in [1.82, 2.24) is 10.2 Å². The molecule has 0 aromatic heterocycles. The third-order valence-electron chi connectivity index (χ3n) is 5.86. The standard InChI is InChI=1S/C28H30BrCl2N3O4S/c1-4-26(28(36)32-19(2)3)33(17-20-13-14-24(30)25(31)15-20)27(35)18-34(22-10-8-9-21(29)16-22)39(37,38)23-11-6-5-7-12-23/h5-16,19,26H,4,17-18H2,1-3H3,(H,32,36)/t26-/m0/s1. The molecular weight excluding hydrogens is 625 g/mol. The highest BCUT2D eigenvalue weighted by molar-refractivity contribution is 9.10. The molecule has 0 aliphatic heterocycles. The number of anilines is 1. The van der Waals surface area contributed by atoms with Gasteiger partial charge in [0.1, 0.15) is 12.6 Å². The fourth-order valence-electron chi connectivity index (χ4n) is 4.01. The Bertz CT molecular complexity index is 1420. The molecule has 0 heterocycles. The van der Waals surface area contributed by atoms with Crippen molar-refractivity contribution >= 4 is 66.7 Å². The van der Waals surface area contributed by atoms with Gasteiger partial charge >= 0.3 is 0 Å². The maximum atomic E-state index is 14.0. The van der Waals surface area contributed by atoms with Crippen molar-refractivity contribution in [3.8, 4) is 0 Å². The quantitative estimate of drug-likeness (QED) is 0.264. The Morgan fingerprint density at radius 2 is 1.64 bits per heavy atom. The first-order chi connectivity index (χ1) is 18.4. The average Bonchev–Trinajstić information content (AvgIpc) is 2.89. The van der Waals surface area contributed by atoms with Crippen molar-refractivity contribution in [2.24, 2.45) is 0 Å². The van der Waals surface area contributed by atoms with E-state index < -0.39 is 28.5 Å². The molecule has 39 heavy (non-hydrogen) atoms. The number of hydrogen-bond donors (Lipinski definition) is 1. The molecule has 0 fully saturated rings. The Morgan fingerprint density at radius 1 is 0.949 bits per heavy atom. The van der Waals surface area contributed by atoms with Gasteiger partial charge in [0.25, 0.3) is 10.0 Å². The Hall–Kier alpha value is -2.59. The highest BCUT2D eigenvalue weighted by Gasteiger charge is 2.34. The smallest absolute Gasteiger partial charge is 0.264 e. The van der Waals surface area contributed by atoms with Crippen LogP contribution in [-0.2, 0) is 26.2 Å². The molecule has 1 atom stereocenters. The van der Waals surface area contributed by atoms with E-state index in [1.165, 1.54) is 17.0 Å². The summed E-state index contributed by atoms with van der Waals surface area (Å²) >= 11 is 15.7. The van der Waals surface area contributed by atoms with Gasteiger partial charge in [0.2, 0.25) is 11.8 Å². The van der Waals surface area contributed by atoms with E-state index in [9.17, 15) is 18.0 Å². The molecule has 0 unspecified atom stereocenters. The van der Waals surface area contributed by atoms with Gasteiger partial charge in [-0.3, -0.25) is 13.9 Å². The zero-order valence-electron chi connectivity index (χ0n) is 21.8. The molecule has 3 aromatic rings. The van der Waals surface area contributed by atoms with Crippen LogP contribution in [0.15, 0.2) is 82.2 Å². The molecule has 208 valence electrons. The number of rotatable bonds is 11. The van der Waals surface area contributed by atoms with Crippen LogP contribution in [0, 0.1) is 0 Å². The Balaban J connectivity index is 2.07. The minimum atomic E-state index is -4.13. The van der Waals surface area contributed by atoms with Gasteiger partial charge < -0.3 is 10.2 Å². The normalized spacial score (nSPS) is 12.2. The summed E-state index contributed by atoms with van der Waals surface area (Å²) < 4.78 is 29.3. The highest BCUT2D eigenvalue weighted by Crippen LogP contribution is 2.28. The number of nitrogens with zero attached hydrogens (tertiary/aromatic N) is 2. The van der Waals surface area contributed by atoms with E-state index in [0.717, 1.165) is 4.31 Å². The molecule has 0 aliphatic carbocycles. The summed E-state index contributed by atoms with van der Waals surface area (Å²) in [5.41, 5.74) is 0.948. The second-order valence-corrected chi connectivity index (χ2v) is 12.8. The van der Waals surface area contributed by atoms with Crippen molar-refractivity contribution in [2.75, 3.05) is 10.8 Å². The lowest BCUT2D eigenvalue weighted by molar-refractivity contribution is -0.140. The third kappa shape index (κ3) is 7.97. The molecule has 11 heteroatoms. The molecule has 0 radical (unpaired) electrons. The van der Waals surface area contributed by atoms with Gasteiger partial charge in [0, 0.05) is 17.1 Å². The maximum absolute atomic E-state index is 14.0. The van der Waals surface area contributed by atoms with E-state index in [2.05, 4.69) is 21.2 Å². The summed E-state index contributed by atoms with van der Waals surface area (Å²) in [5.74, 6) is -0.882. The van der Waals surface area contributed by atoms with Gasteiger partial charge in [-0.15, -0.1) is 0 Å². The molecule has 7 nitrogen and oxygen atoms in total.